The molecular formula is C23H24N6O3S. The van der Waals surface area contributed by atoms with Crippen molar-refractivity contribution in [1.29, 1.82) is 5.26 Å². The van der Waals surface area contributed by atoms with Crippen LogP contribution >= 0.6 is 0 Å². The number of hydrogen-bond donors (Lipinski definition) is 1. The number of aliphatic hydroxyl groups is 1. The van der Waals surface area contributed by atoms with E-state index in [1.165, 1.54) is 10.2 Å². The number of aromatic nitrogens is 4. The molecule has 1 fully saturated rings. The van der Waals surface area contributed by atoms with E-state index in [4.69, 9.17) is 0 Å². The average molecular weight is 465 g/mol. The Kier molecular flexibility index (Phi) is 5.20. The van der Waals surface area contributed by atoms with Gasteiger partial charge in [-0.1, -0.05) is 18.2 Å². The van der Waals surface area contributed by atoms with E-state index in [1.807, 2.05) is 11.5 Å². The molecule has 1 unspecified atom stereocenters. The van der Waals surface area contributed by atoms with E-state index in [0.717, 1.165) is 18.5 Å². The van der Waals surface area contributed by atoms with Gasteiger partial charge in [-0.15, -0.1) is 0 Å². The first kappa shape index (κ1) is 21.6. The number of nitrogens with zero attached hydrogens (tertiary/aromatic N) is 6. The molecule has 1 N–H and O–H groups in total. The largest absolute Gasteiger partial charge is 0.385 e. The van der Waals surface area contributed by atoms with Crippen LogP contribution in [-0.2, 0) is 10.0 Å². The minimum atomic E-state index is -3.82. The van der Waals surface area contributed by atoms with Gasteiger partial charge in [0.05, 0.1) is 28.7 Å². The lowest BCUT2D eigenvalue weighted by molar-refractivity contribution is 0.181. The lowest BCUT2D eigenvalue weighted by atomic mass is 10.2. The number of nitriles is 1. The fourth-order valence-corrected chi connectivity index (χ4v) is 5.96. The van der Waals surface area contributed by atoms with Crippen molar-refractivity contribution in [2.75, 3.05) is 13.1 Å². The molecule has 33 heavy (non-hydrogen) atoms. The number of likely N-dealkylation sites (tertiary alicyclic amines) is 1. The second kappa shape index (κ2) is 7.95. The molecular weight excluding hydrogens is 440 g/mol. The topological polar surface area (TPSA) is 117 Å². The summed E-state index contributed by atoms with van der Waals surface area (Å²) in [4.78, 5) is 11.3. The predicted molar refractivity (Wildman–Crippen MR) is 123 cm³/mol. The van der Waals surface area contributed by atoms with Crippen molar-refractivity contribution in [3.63, 3.8) is 0 Å². The summed E-state index contributed by atoms with van der Waals surface area (Å²) < 4.78 is 29.7. The quantitative estimate of drug-likeness (QED) is 0.483. The Labute approximate surface area is 191 Å². The van der Waals surface area contributed by atoms with Gasteiger partial charge in [-0.2, -0.15) is 5.26 Å². The predicted octanol–water partition coefficient (Wildman–Crippen LogP) is 2.84. The van der Waals surface area contributed by atoms with E-state index < -0.39 is 16.1 Å². The van der Waals surface area contributed by atoms with E-state index in [1.54, 1.807) is 49.5 Å². The first-order chi connectivity index (χ1) is 15.8. The third-order valence-corrected chi connectivity index (χ3v) is 8.00. The van der Waals surface area contributed by atoms with Gasteiger partial charge in [0.2, 0.25) is 0 Å². The van der Waals surface area contributed by atoms with E-state index in [2.05, 4.69) is 20.9 Å². The van der Waals surface area contributed by atoms with Gasteiger partial charge in [0.15, 0.2) is 5.65 Å². The van der Waals surface area contributed by atoms with E-state index in [-0.39, 0.29) is 17.0 Å². The average Bonchev–Trinajstić information content (AvgIpc) is 3.54. The summed E-state index contributed by atoms with van der Waals surface area (Å²) in [6, 6.07) is 12.0. The van der Waals surface area contributed by atoms with Crippen molar-refractivity contribution < 1.29 is 13.5 Å². The van der Waals surface area contributed by atoms with Gasteiger partial charge in [-0.3, -0.25) is 4.90 Å². The van der Waals surface area contributed by atoms with Crippen LogP contribution in [0, 0.1) is 11.3 Å². The maximum atomic E-state index is 13.3. The molecule has 4 heterocycles. The minimum Gasteiger partial charge on any atom is -0.385 e. The number of fused-ring (bicyclic) bond motifs is 3. The molecule has 0 bridgehead atoms. The van der Waals surface area contributed by atoms with E-state index in [0.29, 0.717) is 28.9 Å². The Hall–Kier alpha value is -3.26. The molecule has 0 amide bonds. The Balaban J connectivity index is 1.70. The summed E-state index contributed by atoms with van der Waals surface area (Å²) in [6.45, 7) is 4.95. The van der Waals surface area contributed by atoms with Crippen LogP contribution < -0.4 is 0 Å². The zero-order chi connectivity index (χ0) is 23.3. The molecule has 1 aliphatic rings. The lowest BCUT2D eigenvalue weighted by Crippen LogP contribution is -2.30. The third kappa shape index (κ3) is 3.40. The Morgan fingerprint density at radius 3 is 2.67 bits per heavy atom. The second-order valence-electron chi connectivity index (χ2n) is 8.42. The van der Waals surface area contributed by atoms with Crippen molar-refractivity contribution in [3.05, 3.63) is 54.6 Å². The maximum Gasteiger partial charge on any atom is 0.269 e. The number of imidazole rings is 1. The normalized spacial score (nSPS) is 19.2. The molecule has 10 heteroatoms. The Bertz CT molecular complexity index is 1480. The molecule has 0 spiro atoms. The summed E-state index contributed by atoms with van der Waals surface area (Å²) in [5.74, 6) is 0.509. The van der Waals surface area contributed by atoms with Crippen molar-refractivity contribution >= 4 is 32.1 Å². The van der Waals surface area contributed by atoms with Crippen LogP contribution in [0.15, 0.2) is 53.7 Å². The fourth-order valence-electron chi connectivity index (χ4n) is 4.64. The first-order valence-electron chi connectivity index (χ1n) is 10.8. The van der Waals surface area contributed by atoms with Crippen molar-refractivity contribution in [3.8, 4) is 6.07 Å². The van der Waals surface area contributed by atoms with Gasteiger partial charge in [-0.05, 0) is 38.5 Å². The van der Waals surface area contributed by atoms with Crippen LogP contribution in [0.1, 0.15) is 38.2 Å². The summed E-state index contributed by atoms with van der Waals surface area (Å²) in [5, 5.41) is 20.4. The molecule has 1 aromatic carbocycles. The number of hydrogen-bond acceptors (Lipinski definition) is 7. The van der Waals surface area contributed by atoms with Crippen molar-refractivity contribution in [2.24, 2.45) is 0 Å². The monoisotopic (exact) mass is 464 g/mol. The highest BCUT2D eigenvalue weighted by Gasteiger charge is 2.32. The Morgan fingerprint density at radius 1 is 1.21 bits per heavy atom. The molecule has 170 valence electrons. The highest BCUT2D eigenvalue weighted by atomic mass is 32.2. The van der Waals surface area contributed by atoms with E-state index >= 15 is 0 Å². The Morgan fingerprint density at radius 2 is 1.97 bits per heavy atom. The molecule has 0 saturated carbocycles. The minimum absolute atomic E-state index is 0.00456. The van der Waals surface area contributed by atoms with Crippen LogP contribution in [-0.4, -0.2) is 56.1 Å². The van der Waals surface area contributed by atoms with Gasteiger partial charge in [-0.25, -0.2) is 22.4 Å². The molecule has 0 radical (unpaired) electrons. The van der Waals surface area contributed by atoms with Crippen LogP contribution in [0.3, 0.4) is 0 Å². The zero-order valence-electron chi connectivity index (χ0n) is 18.3. The molecule has 3 aromatic heterocycles. The van der Waals surface area contributed by atoms with Crippen molar-refractivity contribution in [1.82, 2.24) is 23.4 Å². The van der Waals surface area contributed by atoms with Crippen LogP contribution in [0.25, 0.3) is 22.1 Å². The second-order valence-corrected chi connectivity index (χ2v) is 10.2. The molecule has 3 atom stereocenters. The van der Waals surface area contributed by atoms with Gasteiger partial charge in [0.25, 0.3) is 10.0 Å². The summed E-state index contributed by atoms with van der Waals surface area (Å²) in [6.07, 6.45) is 3.05. The molecule has 9 nitrogen and oxygen atoms in total. The van der Waals surface area contributed by atoms with Gasteiger partial charge < -0.3 is 9.67 Å². The highest BCUT2D eigenvalue weighted by molar-refractivity contribution is 7.90. The fraction of sp³-hybridized carbons (Fsp3) is 0.348. The van der Waals surface area contributed by atoms with E-state index in [9.17, 15) is 18.8 Å². The van der Waals surface area contributed by atoms with Gasteiger partial charge in [0.1, 0.15) is 17.4 Å². The van der Waals surface area contributed by atoms with Crippen LogP contribution in [0.2, 0.25) is 0 Å². The molecule has 1 saturated heterocycles. The molecule has 4 aromatic rings. The maximum absolute atomic E-state index is 13.3. The number of pyridine rings is 1. The highest BCUT2D eigenvalue weighted by Crippen LogP contribution is 2.35. The standard InChI is InChI=1S/C23H24N6O3S/c1-15(12-24)27-10-8-17(14-27)29-21-19-9-11-28(33(31,32)18-6-4-3-5-7-18)23(19)25-13-20(21)26-22(29)16(2)30/h3-7,9,11,13,15-17,30H,8,10,14H2,1-2H3/t15-,16-,17?/m1/s1. The number of aliphatic hydroxyl groups excluding tert-OH is 1. The molecule has 5 rings (SSSR count). The lowest BCUT2D eigenvalue weighted by Gasteiger charge is -2.21. The smallest absolute Gasteiger partial charge is 0.269 e. The van der Waals surface area contributed by atoms with Gasteiger partial charge >= 0.3 is 0 Å². The van der Waals surface area contributed by atoms with Crippen molar-refractivity contribution in [2.45, 2.75) is 43.4 Å². The van der Waals surface area contributed by atoms with Crippen LogP contribution in [0.4, 0.5) is 0 Å². The first-order valence-corrected chi connectivity index (χ1v) is 12.3. The van der Waals surface area contributed by atoms with Gasteiger partial charge in [0, 0.05) is 30.7 Å². The molecule has 1 aliphatic heterocycles. The summed E-state index contributed by atoms with van der Waals surface area (Å²) in [5.41, 5.74) is 1.65. The third-order valence-electron chi connectivity index (χ3n) is 6.32. The SMILES string of the molecule is C[C@H](C#N)N1CCC(n2c([C@@H](C)O)nc3cnc4c(ccn4S(=O)(=O)c4ccccc4)c32)C1. The number of rotatable bonds is 5. The van der Waals surface area contributed by atoms with Crippen LogP contribution in [0.5, 0.6) is 0 Å². The summed E-state index contributed by atoms with van der Waals surface area (Å²) in [7, 11) is -3.82. The zero-order valence-corrected chi connectivity index (χ0v) is 19.1. The molecule has 0 aliphatic carbocycles. The number of benzene rings is 1. The summed E-state index contributed by atoms with van der Waals surface area (Å²) >= 11 is 0.